The second-order valence-electron chi connectivity index (χ2n) is 7.24. The van der Waals surface area contributed by atoms with Crippen LogP contribution in [0, 0.1) is 0 Å². The van der Waals surface area contributed by atoms with E-state index < -0.39 is 0 Å². The molecule has 1 N–H and O–H groups in total. The minimum absolute atomic E-state index is 0. The largest absolute Gasteiger partial charge is 0.508 e. The molecule has 0 aliphatic rings. The van der Waals surface area contributed by atoms with Gasteiger partial charge in [-0.3, -0.25) is 0 Å². The van der Waals surface area contributed by atoms with Crippen LogP contribution in [-0.2, 0) is 21.1 Å². The van der Waals surface area contributed by atoms with Crippen LogP contribution >= 0.6 is 0 Å². The van der Waals surface area contributed by atoms with E-state index in [0.717, 1.165) is 0 Å². The van der Waals surface area contributed by atoms with E-state index in [1.807, 2.05) is 6.07 Å². The van der Waals surface area contributed by atoms with Crippen LogP contribution in [0.15, 0.2) is 115 Å². The van der Waals surface area contributed by atoms with Gasteiger partial charge in [-0.25, -0.2) is 0 Å². The molecule has 0 heterocycles. The van der Waals surface area contributed by atoms with Gasteiger partial charge < -0.3 is 5.11 Å². The SMILES string of the molecule is Oc1ccccc1.[W].c1ccc2cc3c(ccc4cc5ccccc5cc43)cc2c1. The Morgan fingerprint density at radius 2 is 0.733 bits per heavy atom. The van der Waals surface area contributed by atoms with Crippen LogP contribution in [0.5, 0.6) is 5.75 Å². The summed E-state index contributed by atoms with van der Waals surface area (Å²) in [4.78, 5) is 0. The Bertz CT molecular complexity index is 1360. The maximum atomic E-state index is 8.63. The summed E-state index contributed by atoms with van der Waals surface area (Å²) >= 11 is 0. The molecule has 6 rings (SSSR count). The average molecular weight is 556 g/mol. The second kappa shape index (κ2) is 8.69. The maximum Gasteiger partial charge on any atom is 0.115 e. The molecule has 0 unspecified atom stereocenters. The molecule has 0 bridgehead atoms. The monoisotopic (exact) mass is 556 g/mol. The van der Waals surface area contributed by atoms with Gasteiger partial charge in [0.25, 0.3) is 0 Å². The van der Waals surface area contributed by atoms with Gasteiger partial charge in [0.1, 0.15) is 5.75 Å². The van der Waals surface area contributed by atoms with Gasteiger partial charge in [-0.2, -0.15) is 0 Å². The smallest absolute Gasteiger partial charge is 0.115 e. The quantitative estimate of drug-likeness (QED) is 0.150. The van der Waals surface area contributed by atoms with Gasteiger partial charge in [-0.1, -0.05) is 78.9 Å². The Kier molecular flexibility index (Phi) is 5.83. The molecule has 6 aromatic carbocycles. The third-order valence-corrected chi connectivity index (χ3v) is 5.32. The fourth-order valence-corrected chi connectivity index (χ4v) is 3.87. The number of hydrogen-bond acceptors (Lipinski definition) is 1. The number of benzene rings is 6. The first-order valence-electron chi connectivity index (χ1n) is 9.76. The number of fused-ring (bicyclic) bond motifs is 5. The van der Waals surface area contributed by atoms with Gasteiger partial charge in [0, 0.05) is 21.1 Å². The number of rotatable bonds is 0. The summed E-state index contributed by atoms with van der Waals surface area (Å²) in [5, 5.41) is 19.1. The van der Waals surface area contributed by atoms with E-state index in [9.17, 15) is 0 Å². The zero-order valence-corrected chi connectivity index (χ0v) is 19.3. The fourth-order valence-electron chi connectivity index (χ4n) is 3.87. The van der Waals surface area contributed by atoms with E-state index in [-0.39, 0.29) is 21.1 Å². The molecule has 0 aliphatic heterocycles. The van der Waals surface area contributed by atoms with Gasteiger partial charge in [-0.15, -0.1) is 0 Å². The van der Waals surface area contributed by atoms with Crippen LogP contribution in [-0.4, -0.2) is 5.11 Å². The van der Waals surface area contributed by atoms with Crippen LogP contribution in [0.2, 0.25) is 0 Å². The van der Waals surface area contributed by atoms with Crippen molar-refractivity contribution in [2.75, 3.05) is 0 Å². The van der Waals surface area contributed by atoms with Crippen molar-refractivity contribution in [1.29, 1.82) is 0 Å². The van der Waals surface area contributed by atoms with E-state index in [2.05, 4.69) is 84.9 Å². The van der Waals surface area contributed by atoms with Crippen molar-refractivity contribution >= 4 is 43.1 Å². The van der Waals surface area contributed by atoms with Crippen molar-refractivity contribution in [2.45, 2.75) is 0 Å². The van der Waals surface area contributed by atoms with Crippen molar-refractivity contribution in [2.24, 2.45) is 0 Å². The molecule has 6 aromatic rings. The third kappa shape index (κ3) is 3.95. The number of hydrogen-bond donors (Lipinski definition) is 1. The molecule has 2 heteroatoms. The summed E-state index contributed by atoms with van der Waals surface area (Å²) in [6.45, 7) is 0. The minimum atomic E-state index is 0. The third-order valence-electron chi connectivity index (χ3n) is 5.32. The first-order chi connectivity index (χ1) is 14.3. The Hall–Kier alpha value is -3.15. The number of para-hydroxylation sites is 1. The summed E-state index contributed by atoms with van der Waals surface area (Å²) in [5.74, 6) is 0.322. The maximum absolute atomic E-state index is 8.63. The van der Waals surface area contributed by atoms with Gasteiger partial charge in [0.05, 0.1) is 0 Å². The van der Waals surface area contributed by atoms with Crippen LogP contribution < -0.4 is 0 Å². The zero-order chi connectivity index (χ0) is 19.6. The van der Waals surface area contributed by atoms with Crippen LogP contribution in [0.1, 0.15) is 0 Å². The number of aromatic hydroxyl groups is 1. The van der Waals surface area contributed by atoms with Gasteiger partial charge >= 0.3 is 0 Å². The molecule has 0 saturated carbocycles. The van der Waals surface area contributed by atoms with Crippen LogP contribution in [0.4, 0.5) is 0 Å². The molecule has 144 valence electrons. The Labute approximate surface area is 189 Å². The van der Waals surface area contributed by atoms with E-state index in [0.29, 0.717) is 5.75 Å². The number of phenolic OH excluding ortho intramolecular Hbond substituents is 1. The Morgan fingerprint density at radius 3 is 1.10 bits per heavy atom. The first kappa shape index (κ1) is 20.1. The van der Waals surface area contributed by atoms with Crippen LogP contribution in [0.3, 0.4) is 0 Å². The molecular weight excluding hydrogens is 536 g/mol. The zero-order valence-electron chi connectivity index (χ0n) is 16.3. The molecule has 0 spiro atoms. The van der Waals surface area contributed by atoms with E-state index in [4.69, 9.17) is 5.11 Å². The molecule has 0 aliphatic carbocycles. The Morgan fingerprint density at radius 1 is 0.367 bits per heavy atom. The molecule has 0 atom stereocenters. The summed E-state index contributed by atoms with van der Waals surface area (Å²) in [7, 11) is 0. The van der Waals surface area contributed by atoms with Crippen LogP contribution in [0.25, 0.3) is 43.1 Å². The summed E-state index contributed by atoms with van der Waals surface area (Å²) < 4.78 is 0. The van der Waals surface area contributed by atoms with Crippen molar-refractivity contribution in [3.63, 3.8) is 0 Å². The fraction of sp³-hybridized carbons (Fsp3) is 0. The van der Waals surface area contributed by atoms with E-state index in [1.165, 1.54) is 43.1 Å². The molecule has 0 radical (unpaired) electrons. The van der Waals surface area contributed by atoms with Crippen molar-refractivity contribution < 1.29 is 26.2 Å². The van der Waals surface area contributed by atoms with E-state index in [1.54, 1.807) is 24.3 Å². The molecule has 0 amide bonds. The molecule has 0 aromatic heterocycles. The van der Waals surface area contributed by atoms with Gasteiger partial charge in [0.2, 0.25) is 0 Å². The van der Waals surface area contributed by atoms with Crippen molar-refractivity contribution in [3.8, 4) is 5.75 Å². The summed E-state index contributed by atoms with van der Waals surface area (Å²) in [6, 6.07) is 39.6. The Balaban J connectivity index is 0.000000235. The second-order valence-corrected chi connectivity index (χ2v) is 7.24. The summed E-state index contributed by atoms with van der Waals surface area (Å²) in [6.07, 6.45) is 0. The first-order valence-corrected chi connectivity index (χ1v) is 9.76. The topological polar surface area (TPSA) is 20.2 Å². The predicted octanol–water partition coefficient (Wildman–Crippen LogP) is 7.69. The predicted molar refractivity (Wildman–Crippen MR) is 125 cm³/mol. The molecule has 30 heavy (non-hydrogen) atoms. The van der Waals surface area contributed by atoms with Crippen molar-refractivity contribution in [1.82, 2.24) is 0 Å². The average Bonchev–Trinajstić information content (AvgIpc) is 2.77. The van der Waals surface area contributed by atoms with E-state index >= 15 is 0 Å². The molecule has 0 fully saturated rings. The van der Waals surface area contributed by atoms with Gasteiger partial charge in [-0.05, 0) is 79.5 Å². The molecule has 1 nitrogen and oxygen atoms in total. The van der Waals surface area contributed by atoms with Gasteiger partial charge in [0.15, 0.2) is 0 Å². The molecular formula is C28H20OW. The summed E-state index contributed by atoms with van der Waals surface area (Å²) in [5.41, 5.74) is 0. The standard InChI is InChI=1S/C22H14.C6H6O.W/c1-3-7-17-13-21-19(11-15(17)5-1)9-10-20-12-16-6-2-4-8-18(16)14-22(20)21;7-6-4-2-1-3-5-6;/h1-14H;1-5,7H;. The molecule has 0 saturated heterocycles. The van der Waals surface area contributed by atoms with Crippen molar-refractivity contribution in [3.05, 3.63) is 115 Å². The number of phenols is 1. The minimum Gasteiger partial charge on any atom is -0.508 e. The normalized spacial score (nSPS) is 10.5.